The van der Waals surface area contributed by atoms with Crippen molar-refractivity contribution in [3.8, 4) is 5.75 Å². The Morgan fingerprint density at radius 3 is 2.68 bits per heavy atom. The second-order valence-corrected chi connectivity index (χ2v) is 11.1. The third kappa shape index (κ3) is 7.17. The van der Waals surface area contributed by atoms with Gasteiger partial charge in [-0.2, -0.15) is 13.2 Å². The molecule has 38 heavy (non-hydrogen) atoms. The van der Waals surface area contributed by atoms with Crippen LogP contribution in [0.15, 0.2) is 36.4 Å². The molecule has 1 atom stereocenters. The monoisotopic (exact) mass is 549 g/mol. The Labute approximate surface area is 225 Å². The van der Waals surface area contributed by atoms with E-state index in [0.717, 1.165) is 54.9 Å². The molecule has 2 heterocycles. The minimum absolute atomic E-state index is 0.127. The number of thiazole rings is 1. The first-order chi connectivity index (χ1) is 18.0. The van der Waals surface area contributed by atoms with E-state index in [-0.39, 0.29) is 12.6 Å². The van der Waals surface area contributed by atoms with E-state index in [1.807, 2.05) is 19.1 Å². The average molecular weight is 550 g/mol. The van der Waals surface area contributed by atoms with Gasteiger partial charge in [0, 0.05) is 32.2 Å². The van der Waals surface area contributed by atoms with E-state index < -0.39 is 17.7 Å². The van der Waals surface area contributed by atoms with E-state index in [2.05, 4.69) is 34.7 Å². The summed E-state index contributed by atoms with van der Waals surface area (Å²) in [5, 5.41) is 0.762. The van der Waals surface area contributed by atoms with Gasteiger partial charge in [0.2, 0.25) is 0 Å². The fraction of sp³-hybridized carbons (Fsp3) is 0.500. The largest absolute Gasteiger partial charge is 0.482 e. The lowest BCUT2D eigenvalue weighted by Crippen LogP contribution is -2.53. The van der Waals surface area contributed by atoms with E-state index in [1.165, 1.54) is 23.5 Å². The fourth-order valence-electron chi connectivity index (χ4n) is 4.85. The summed E-state index contributed by atoms with van der Waals surface area (Å²) < 4.78 is 50.7. The second-order valence-electron chi connectivity index (χ2n) is 10.1. The summed E-state index contributed by atoms with van der Waals surface area (Å²) in [6, 6.07) is 10.0. The van der Waals surface area contributed by atoms with Crippen LogP contribution < -0.4 is 9.64 Å². The van der Waals surface area contributed by atoms with Gasteiger partial charge in [-0.3, -0.25) is 4.90 Å². The average Bonchev–Trinajstić information content (AvgIpc) is 3.26. The predicted octanol–water partition coefficient (Wildman–Crippen LogP) is 6.30. The summed E-state index contributed by atoms with van der Waals surface area (Å²) in [5.41, 5.74) is 2.10. The summed E-state index contributed by atoms with van der Waals surface area (Å²) in [6.45, 7) is 11.4. The number of benzene rings is 2. The Morgan fingerprint density at radius 2 is 1.97 bits per heavy atom. The van der Waals surface area contributed by atoms with Crippen LogP contribution >= 0.6 is 11.3 Å². The molecule has 1 aliphatic heterocycles. The molecule has 3 aromatic rings. The zero-order valence-electron chi connectivity index (χ0n) is 22.2. The maximum Gasteiger partial charge on any atom is 0.416 e. The highest BCUT2D eigenvalue weighted by atomic mass is 32.1. The number of hydrogen-bond acceptors (Lipinski definition) is 7. The van der Waals surface area contributed by atoms with Crippen LogP contribution in [0.4, 0.5) is 18.3 Å². The van der Waals surface area contributed by atoms with E-state index in [4.69, 9.17) is 9.47 Å². The number of rotatable bonds is 9. The number of anilines is 1. The molecule has 0 spiro atoms. The predicted molar refractivity (Wildman–Crippen MR) is 144 cm³/mol. The minimum Gasteiger partial charge on any atom is -0.482 e. The maximum atomic E-state index is 13.2. The molecular formula is C28H34F3N3O3S. The third-order valence-electron chi connectivity index (χ3n) is 6.48. The molecule has 1 aliphatic rings. The number of ether oxygens (including phenoxy) is 2. The molecule has 1 fully saturated rings. The van der Waals surface area contributed by atoms with E-state index >= 15 is 0 Å². The Balaban J connectivity index is 1.48. The lowest BCUT2D eigenvalue weighted by atomic mass is 9.99. The van der Waals surface area contributed by atoms with E-state index in [0.29, 0.717) is 28.5 Å². The molecule has 4 rings (SSSR count). The van der Waals surface area contributed by atoms with Gasteiger partial charge in [0.25, 0.3) is 0 Å². The van der Waals surface area contributed by atoms with Crippen molar-refractivity contribution < 1.29 is 27.4 Å². The van der Waals surface area contributed by atoms with Crippen LogP contribution in [0.25, 0.3) is 10.2 Å². The smallest absolute Gasteiger partial charge is 0.416 e. The van der Waals surface area contributed by atoms with E-state index in [9.17, 15) is 18.0 Å². The Kier molecular flexibility index (Phi) is 8.82. The molecule has 0 amide bonds. The summed E-state index contributed by atoms with van der Waals surface area (Å²) >= 11 is 1.32. The van der Waals surface area contributed by atoms with Gasteiger partial charge in [-0.25, -0.2) is 9.78 Å². The van der Waals surface area contributed by atoms with Crippen molar-refractivity contribution in [3.63, 3.8) is 0 Å². The lowest BCUT2D eigenvalue weighted by Gasteiger charge is -2.42. The zero-order chi connectivity index (χ0) is 27.4. The quantitative estimate of drug-likeness (QED) is 0.292. The number of hydrogen-bond donors (Lipinski definition) is 0. The Morgan fingerprint density at radius 1 is 1.18 bits per heavy atom. The van der Waals surface area contributed by atoms with Crippen LogP contribution in [0.2, 0.25) is 0 Å². The van der Waals surface area contributed by atoms with Crippen LogP contribution in [-0.4, -0.2) is 54.7 Å². The highest BCUT2D eigenvalue weighted by molar-refractivity contribution is 7.22. The molecule has 2 aromatic carbocycles. The van der Waals surface area contributed by atoms with Crippen molar-refractivity contribution >= 4 is 32.7 Å². The third-order valence-corrected chi connectivity index (χ3v) is 7.56. The highest BCUT2D eigenvalue weighted by Gasteiger charge is 2.32. The van der Waals surface area contributed by atoms with Gasteiger partial charge in [0.1, 0.15) is 5.75 Å². The number of aromatic nitrogens is 1. The van der Waals surface area contributed by atoms with Gasteiger partial charge in [0.15, 0.2) is 11.7 Å². The van der Waals surface area contributed by atoms with Crippen molar-refractivity contribution in [1.82, 2.24) is 9.88 Å². The SMILES string of the molecule is CCOC(=O)COc1cc(C)cc(CN2CCN(c3nc4ccc(C(F)(F)F)cc4s3)C[C@@H]2CC(C)C)c1. The first-order valence-corrected chi connectivity index (χ1v) is 13.7. The highest BCUT2D eigenvalue weighted by Crippen LogP contribution is 2.36. The summed E-state index contributed by atoms with van der Waals surface area (Å²) in [6.07, 6.45) is -3.39. The van der Waals surface area contributed by atoms with Crippen molar-refractivity contribution in [2.24, 2.45) is 5.92 Å². The molecule has 206 valence electrons. The molecule has 0 unspecified atom stereocenters. The number of fused-ring (bicyclic) bond motifs is 1. The molecular weight excluding hydrogens is 515 g/mol. The van der Waals surface area contributed by atoms with Crippen molar-refractivity contribution in [2.75, 3.05) is 37.7 Å². The molecule has 1 saturated heterocycles. The number of nitrogens with zero attached hydrogens (tertiary/aromatic N) is 3. The first-order valence-electron chi connectivity index (χ1n) is 12.9. The molecule has 6 nitrogen and oxygen atoms in total. The number of carbonyl (C=O) groups is 1. The summed E-state index contributed by atoms with van der Waals surface area (Å²) in [5.74, 6) is 0.723. The van der Waals surface area contributed by atoms with Crippen LogP contribution in [0.3, 0.4) is 0 Å². The zero-order valence-corrected chi connectivity index (χ0v) is 23.0. The molecule has 0 saturated carbocycles. The minimum atomic E-state index is -4.37. The van der Waals surface area contributed by atoms with Crippen molar-refractivity contribution in [2.45, 2.75) is 52.9 Å². The molecule has 10 heteroatoms. The summed E-state index contributed by atoms with van der Waals surface area (Å²) in [7, 11) is 0. The van der Waals surface area contributed by atoms with Gasteiger partial charge in [-0.15, -0.1) is 0 Å². The number of piperazine rings is 1. The van der Waals surface area contributed by atoms with Crippen LogP contribution in [-0.2, 0) is 22.3 Å². The number of halogens is 3. The van der Waals surface area contributed by atoms with Gasteiger partial charge < -0.3 is 14.4 Å². The van der Waals surface area contributed by atoms with Gasteiger partial charge >= 0.3 is 12.1 Å². The Hall–Kier alpha value is -2.85. The molecule has 0 N–H and O–H groups in total. The van der Waals surface area contributed by atoms with E-state index in [1.54, 1.807) is 6.92 Å². The number of aryl methyl sites for hydroxylation is 1. The van der Waals surface area contributed by atoms with Crippen LogP contribution in [0.5, 0.6) is 5.75 Å². The topological polar surface area (TPSA) is 54.9 Å². The fourth-order valence-corrected chi connectivity index (χ4v) is 5.88. The second kappa shape index (κ2) is 11.9. The normalized spacial score (nSPS) is 16.8. The van der Waals surface area contributed by atoms with Gasteiger partial charge in [0.05, 0.1) is 22.4 Å². The van der Waals surface area contributed by atoms with Crippen molar-refractivity contribution in [1.29, 1.82) is 0 Å². The van der Waals surface area contributed by atoms with Crippen molar-refractivity contribution in [3.05, 3.63) is 53.1 Å². The summed E-state index contributed by atoms with van der Waals surface area (Å²) in [4.78, 5) is 21.0. The van der Waals surface area contributed by atoms with Crippen LogP contribution in [0.1, 0.15) is 43.9 Å². The van der Waals surface area contributed by atoms with Crippen LogP contribution in [0, 0.1) is 12.8 Å². The molecule has 0 radical (unpaired) electrons. The molecule has 1 aromatic heterocycles. The first kappa shape index (κ1) is 28.2. The number of esters is 1. The number of carbonyl (C=O) groups excluding carboxylic acids is 1. The Bertz CT molecular complexity index is 1260. The maximum absolute atomic E-state index is 13.2. The van der Waals surface area contributed by atoms with Gasteiger partial charge in [-0.1, -0.05) is 31.3 Å². The standard InChI is InChI=1S/C28H34F3N3O3S/c1-5-36-26(35)17-37-23-12-19(4)11-20(13-23)15-33-8-9-34(16-22(33)10-18(2)3)27-32-24-7-6-21(28(29,30)31)14-25(24)38-27/h6-7,11-14,18,22H,5,8-10,15-17H2,1-4H3/t22-/m0/s1. The lowest BCUT2D eigenvalue weighted by molar-refractivity contribution is -0.145. The number of alkyl halides is 3. The molecule has 0 aliphatic carbocycles. The molecule has 0 bridgehead atoms. The van der Waals surface area contributed by atoms with Gasteiger partial charge in [-0.05, 0) is 67.6 Å².